The molecular formula is C13H19N5O2. The van der Waals surface area contributed by atoms with Crippen molar-refractivity contribution in [2.75, 3.05) is 19.0 Å². The molecule has 0 amide bonds. The molecule has 0 aliphatic carbocycles. The third-order valence-electron chi connectivity index (χ3n) is 2.62. The van der Waals surface area contributed by atoms with Crippen molar-refractivity contribution in [1.29, 1.82) is 0 Å². The second kappa shape index (κ2) is 7.44. The summed E-state index contributed by atoms with van der Waals surface area (Å²) in [6, 6.07) is 4.15. The molecule has 0 aliphatic rings. The maximum Gasteiger partial charge on any atom is 0.315 e. The number of methoxy groups -OCH3 is 1. The Morgan fingerprint density at radius 1 is 1.25 bits per heavy atom. The first-order valence-electron chi connectivity index (χ1n) is 6.57. The van der Waals surface area contributed by atoms with Crippen LogP contribution in [0.2, 0.25) is 0 Å². The Labute approximate surface area is 117 Å². The molecule has 2 rings (SSSR count). The van der Waals surface area contributed by atoms with E-state index in [-0.39, 0.29) is 0 Å². The van der Waals surface area contributed by atoms with Crippen LogP contribution in [0.15, 0.2) is 22.7 Å². The van der Waals surface area contributed by atoms with Gasteiger partial charge in [0.1, 0.15) is 0 Å². The minimum atomic E-state index is 0.411. The molecule has 0 saturated heterocycles. The van der Waals surface area contributed by atoms with E-state index in [2.05, 4.69) is 32.7 Å². The highest BCUT2D eigenvalue weighted by molar-refractivity contribution is 5.24. The van der Waals surface area contributed by atoms with Crippen molar-refractivity contribution < 1.29 is 9.15 Å². The second-order valence-electron chi connectivity index (χ2n) is 4.24. The monoisotopic (exact) mass is 277 g/mol. The molecule has 2 N–H and O–H groups in total. The normalized spacial score (nSPS) is 10.5. The van der Waals surface area contributed by atoms with Crippen LogP contribution in [0.3, 0.4) is 0 Å². The minimum Gasteiger partial charge on any atom is -0.481 e. The molecule has 0 aliphatic heterocycles. The molecule has 0 bridgehead atoms. The van der Waals surface area contributed by atoms with E-state index in [1.165, 1.54) is 0 Å². The highest BCUT2D eigenvalue weighted by Gasteiger charge is 2.05. The topological polar surface area (TPSA) is 85.1 Å². The molecule has 0 unspecified atom stereocenters. The van der Waals surface area contributed by atoms with Gasteiger partial charge in [-0.2, -0.15) is 0 Å². The van der Waals surface area contributed by atoms with E-state index in [9.17, 15) is 0 Å². The fourth-order valence-electron chi connectivity index (χ4n) is 1.58. The van der Waals surface area contributed by atoms with Gasteiger partial charge in [0.15, 0.2) is 0 Å². The number of ether oxygens (including phenoxy) is 1. The van der Waals surface area contributed by atoms with Gasteiger partial charge in [-0.15, -0.1) is 5.10 Å². The molecule has 7 heteroatoms. The number of pyridine rings is 1. The first-order chi connectivity index (χ1) is 9.81. The van der Waals surface area contributed by atoms with Gasteiger partial charge in [0, 0.05) is 18.8 Å². The third kappa shape index (κ3) is 4.20. The molecule has 2 aromatic heterocycles. The van der Waals surface area contributed by atoms with Crippen molar-refractivity contribution in [2.24, 2.45) is 0 Å². The number of nitrogens with one attached hydrogen (secondary N) is 2. The van der Waals surface area contributed by atoms with Crippen LogP contribution in [-0.2, 0) is 13.1 Å². The number of hydrogen-bond donors (Lipinski definition) is 2. The van der Waals surface area contributed by atoms with Gasteiger partial charge < -0.3 is 19.8 Å². The Balaban J connectivity index is 1.81. The van der Waals surface area contributed by atoms with E-state index >= 15 is 0 Å². The Morgan fingerprint density at radius 3 is 2.85 bits per heavy atom. The van der Waals surface area contributed by atoms with Crippen LogP contribution < -0.4 is 15.4 Å². The van der Waals surface area contributed by atoms with Crippen LogP contribution in [0.1, 0.15) is 24.8 Å². The van der Waals surface area contributed by atoms with Gasteiger partial charge in [0.05, 0.1) is 13.7 Å². The standard InChI is InChI=1S/C13H19N5O2/c1-3-6-14-9-12-17-18-13(20-12)16-8-10-4-5-11(19-2)15-7-10/h4-5,7,14H,3,6,8-9H2,1-2H3,(H,16,18). The average molecular weight is 277 g/mol. The zero-order chi connectivity index (χ0) is 14.2. The Bertz CT molecular complexity index is 512. The Hall–Kier alpha value is -2.15. The highest BCUT2D eigenvalue weighted by Crippen LogP contribution is 2.10. The molecule has 0 fully saturated rings. The smallest absolute Gasteiger partial charge is 0.315 e. The lowest BCUT2D eigenvalue weighted by Gasteiger charge is -2.02. The van der Waals surface area contributed by atoms with Crippen LogP contribution >= 0.6 is 0 Å². The van der Waals surface area contributed by atoms with Crippen molar-refractivity contribution in [3.05, 3.63) is 29.8 Å². The zero-order valence-corrected chi connectivity index (χ0v) is 11.7. The molecule has 20 heavy (non-hydrogen) atoms. The summed E-state index contributed by atoms with van der Waals surface area (Å²) in [5.41, 5.74) is 1.01. The number of nitrogens with zero attached hydrogens (tertiary/aromatic N) is 3. The van der Waals surface area contributed by atoms with Gasteiger partial charge in [0.25, 0.3) is 0 Å². The Kier molecular flexibility index (Phi) is 5.31. The average Bonchev–Trinajstić information content (AvgIpc) is 2.94. The van der Waals surface area contributed by atoms with Crippen molar-refractivity contribution in [3.8, 4) is 5.88 Å². The van der Waals surface area contributed by atoms with E-state index in [0.717, 1.165) is 18.5 Å². The summed E-state index contributed by atoms with van der Waals surface area (Å²) in [6.07, 6.45) is 2.82. The Morgan fingerprint density at radius 2 is 2.15 bits per heavy atom. The van der Waals surface area contributed by atoms with E-state index in [1.54, 1.807) is 13.3 Å². The minimum absolute atomic E-state index is 0.411. The first kappa shape index (κ1) is 14.3. The van der Waals surface area contributed by atoms with Gasteiger partial charge in [-0.1, -0.05) is 18.1 Å². The lowest BCUT2D eigenvalue weighted by atomic mass is 10.3. The molecule has 0 radical (unpaired) electrons. The summed E-state index contributed by atoms with van der Waals surface area (Å²) in [7, 11) is 1.59. The highest BCUT2D eigenvalue weighted by atomic mass is 16.5. The third-order valence-corrected chi connectivity index (χ3v) is 2.62. The SMILES string of the molecule is CCCNCc1nnc(NCc2ccc(OC)nc2)o1. The predicted octanol–water partition coefficient (Wildman–Crippen LogP) is 1.58. The number of anilines is 1. The largest absolute Gasteiger partial charge is 0.481 e. The van der Waals surface area contributed by atoms with Gasteiger partial charge in [0.2, 0.25) is 11.8 Å². The lowest BCUT2D eigenvalue weighted by molar-refractivity contribution is 0.397. The summed E-state index contributed by atoms with van der Waals surface area (Å²) in [5, 5.41) is 14.1. The first-order valence-corrected chi connectivity index (χ1v) is 6.57. The van der Waals surface area contributed by atoms with Gasteiger partial charge in [-0.25, -0.2) is 4.98 Å². The number of aromatic nitrogens is 3. The summed E-state index contributed by atoms with van der Waals surface area (Å²) in [4.78, 5) is 4.13. The van der Waals surface area contributed by atoms with Crippen LogP contribution in [0.5, 0.6) is 5.88 Å². The number of rotatable bonds is 8. The molecule has 2 aromatic rings. The van der Waals surface area contributed by atoms with Crippen LogP contribution in [0, 0.1) is 0 Å². The molecule has 7 nitrogen and oxygen atoms in total. The van der Waals surface area contributed by atoms with Crippen LogP contribution in [-0.4, -0.2) is 28.8 Å². The molecule has 108 valence electrons. The quantitative estimate of drug-likeness (QED) is 0.708. The van der Waals surface area contributed by atoms with Crippen molar-refractivity contribution in [3.63, 3.8) is 0 Å². The van der Waals surface area contributed by atoms with Crippen LogP contribution in [0.25, 0.3) is 0 Å². The van der Waals surface area contributed by atoms with E-state index in [4.69, 9.17) is 9.15 Å². The second-order valence-corrected chi connectivity index (χ2v) is 4.24. The maximum absolute atomic E-state index is 5.46. The molecule has 0 aromatic carbocycles. The van der Waals surface area contributed by atoms with Crippen LogP contribution in [0.4, 0.5) is 6.01 Å². The van der Waals surface area contributed by atoms with Crippen molar-refractivity contribution in [2.45, 2.75) is 26.4 Å². The van der Waals surface area contributed by atoms with E-state index in [0.29, 0.717) is 30.9 Å². The fourth-order valence-corrected chi connectivity index (χ4v) is 1.58. The molecule has 0 atom stereocenters. The van der Waals surface area contributed by atoms with Gasteiger partial charge >= 0.3 is 6.01 Å². The molecule has 0 saturated carbocycles. The van der Waals surface area contributed by atoms with E-state index < -0.39 is 0 Å². The maximum atomic E-state index is 5.46. The lowest BCUT2D eigenvalue weighted by Crippen LogP contribution is -2.13. The fraction of sp³-hybridized carbons (Fsp3) is 0.462. The van der Waals surface area contributed by atoms with Crippen molar-refractivity contribution >= 4 is 6.01 Å². The number of hydrogen-bond acceptors (Lipinski definition) is 7. The zero-order valence-electron chi connectivity index (χ0n) is 11.7. The molecule has 0 spiro atoms. The molecular weight excluding hydrogens is 258 g/mol. The predicted molar refractivity (Wildman–Crippen MR) is 74.4 cm³/mol. The van der Waals surface area contributed by atoms with Gasteiger partial charge in [-0.05, 0) is 18.5 Å². The summed E-state index contributed by atoms with van der Waals surface area (Å²) in [6.45, 7) is 4.20. The summed E-state index contributed by atoms with van der Waals surface area (Å²) in [5.74, 6) is 1.17. The summed E-state index contributed by atoms with van der Waals surface area (Å²) >= 11 is 0. The van der Waals surface area contributed by atoms with Crippen molar-refractivity contribution in [1.82, 2.24) is 20.5 Å². The van der Waals surface area contributed by atoms with E-state index in [1.807, 2.05) is 12.1 Å². The van der Waals surface area contributed by atoms with Gasteiger partial charge in [-0.3, -0.25) is 0 Å². The summed E-state index contributed by atoms with van der Waals surface area (Å²) < 4.78 is 10.5. The molecule has 2 heterocycles.